The van der Waals surface area contributed by atoms with Crippen molar-refractivity contribution in [3.8, 4) is 11.1 Å². The van der Waals surface area contributed by atoms with Gasteiger partial charge >= 0.3 is 305 Å². The topological polar surface area (TPSA) is 174 Å². The van der Waals surface area contributed by atoms with E-state index in [2.05, 4.69) is 53.6 Å². The number of carbonyl (C=O) groups is 3. The first kappa shape index (κ1) is 36.6. The minimum atomic E-state index is -1.39. The van der Waals surface area contributed by atoms with Crippen molar-refractivity contribution < 1.29 is 39.4 Å². The van der Waals surface area contributed by atoms with Crippen molar-refractivity contribution in [2.45, 2.75) is 86.5 Å². The van der Waals surface area contributed by atoms with Gasteiger partial charge in [-0.2, -0.15) is 0 Å². The summed E-state index contributed by atoms with van der Waals surface area (Å²) in [6.07, 6.45) is 9.61. The summed E-state index contributed by atoms with van der Waals surface area (Å²) in [4.78, 5) is 50.8. The number of carbonyl (C=O) groups excluding carboxylic acids is 3. The molecule has 3 aliphatic carbocycles. The van der Waals surface area contributed by atoms with Crippen LogP contribution in [0.3, 0.4) is 0 Å². The zero-order chi connectivity index (χ0) is 39.0. The van der Waals surface area contributed by atoms with Crippen LogP contribution in [0.1, 0.15) is 96.7 Å². The molecular weight excluding hydrogens is 837 g/mol. The van der Waals surface area contributed by atoms with E-state index >= 15 is 0 Å². The molecule has 2 bridgehead atoms. The number of fused-ring (bicyclic) bond motifs is 5. The molecule has 3 aromatic heterocycles. The van der Waals surface area contributed by atoms with Gasteiger partial charge in [-0.15, -0.1) is 0 Å². The molecule has 0 unspecified atom stereocenters. The van der Waals surface area contributed by atoms with Crippen molar-refractivity contribution in [2.24, 2.45) is 11.8 Å². The molecule has 3 saturated carbocycles. The van der Waals surface area contributed by atoms with Crippen LogP contribution in [0.4, 0.5) is 22.9 Å². The normalized spacial score (nSPS) is 23.9. The third-order valence-corrected chi connectivity index (χ3v) is 15.5. The fraction of sp³-hybridized carbons (Fsp3) is 0.488. The molecule has 57 heavy (non-hydrogen) atoms. The average Bonchev–Trinajstić information content (AvgIpc) is 4.10. The number of piperidine rings is 1. The fourth-order valence-electron chi connectivity index (χ4n) is 9.32. The summed E-state index contributed by atoms with van der Waals surface area (Å²) < 4.78 is 12.9. The Morgan fingerprint density at radius 2 is 1.77 bits per heavy atom. The van der Waals surface area contributed by atoms with Crippen molar-refractivity contribution in [3.63, 3.8) is 0 Å². The van der Waals surface area contributed by atoms with Crippen LogP contribution in [-0.2, 0) is 14.9 Å². The van der Waals surface area contributed by atoms with Crippen molar-refractivity contribution >= 4 is 40.6 Å². The number of aromatic nitrogens is 5. The van der Waals surface area contributed by atoms with E-state index in [0.717, 1.165) is 92.0 Å². The summed E-state index contributed by atoms with van der Waals surface area (Å²) >= 11 is -1.39. The number of para-hydroxylation sites is 1. The number of nitrogens with zero attached hydrogens (tertiary/aromatic N) is 8. The molecule has 0 radical (unpaired) electrons. The van der Waals surface area contributed by atoms with Crippen molar-refractivity contribution in [3.05, 3.63) is 71.4 Å². The molecule has 0 spiro atoms. The molecule has 15 nitrogen and oxygen atoms in total. The Bertz CT molecular complexity index is 2260. The van der Waals surface area contributed by atoms with Crippen LogP contribution in [0.25, 0.3) is 11.1 Å². The van der Waals surface area contributed by atoms with Crippen LogP contribution in [0, 0.1) is 11.8 Å². The van der Waals surface area contributed by atoms with Gasteiger partial charge in [0, 0.05) is 12.6 Å². The quantitative estimate of drug-likeness (QED) is 0.0922. The molecule has 298 valence electrons. The van der Waals surface area contributed by atoms with E-state index in [1.165, 1.54) is 6.42 Å². The third kappa shape index (κ3) is 6.52. The number of halogens is 1. The van der Waals surface area contributed by atoms with Crippen molar-refractivity contribution in [1.29, 1.82) is 0 Å². The van der Waals surface area contributed by atoms with E-state index in [9.17, 15) is 17.8 Å². The van der Waals surface area contributed by atoms with E-state index in [4.69, 9.17) is 10.1 Å². The van der Waals surface area contributed by atoms with Gasteiger partial charge in [0.15, 0.2) is 0 Å². The Kier molecular flexibility index (Phi) is 9.20. The molecule has 4 N–H and O–H groups in total. The zero-order valence-corrected chi connectivity index (χ0v) is 34.3. The van der Waals surface area contributed by atoms with Gasteiger partial charge in [-0.25, -0.2) is 0 Å². The number of anilines is 4. The number of hydrogen-bond acceptors (Lipinski definition) is 11. The molecule has 6 heterocycles. The van der Waals surface area contributed by atoms with Gasteiger partial charge in [0.1, 0.15) is 0 Å². The first-order chi connectivity index (χ1) is 27.7. The number of likely N-dealkylation sites (tertiary alicyclic amines) is 2. The number of benzene rings is 1. The van der Waals surface area contributed by atoms with Crippen LogP contribution >= 0.6 is 0 Å². The monoisotopic (exact) mass is 884 g/mol. The molecule has 3 atom stereocenters. The standard InChI is InChI=1S/C41H47IN11O4/c1-3-41(42-57)37-30(18-43-53(37)28-21-51(22-28)20-26-6-4-9-32(44-26)40(56)52-19-23-10-15-27(52)16-23)29-7-5-8-31(36(29)50(41)2)46-33-17-34(47-38(54)24-11-12-24)48-49-35(33)39(55)45-25-13-14-25/h4-9,17-18,23-25,27-28,57H,3,10-16,19-22H2,1-2H3,(H,45,55)(H2,46,47,48,54)/q-1/t23-,27+,41+/m1/s1. The molecule has 10 rings (SSSR count). The van der Waals surface area contributed by atoms with Crippen LogP contribution in [0.15, 0.2) is 48.7 Å². The zero-order valence-electron chi connectivity index (χ0n) is 32.1. The number of amides is 3. The second-order valence-corrected chi connectivity index (χ2v) is 18.9. The number of rotatable bonds is 12. The Balaban J connectivity index is 0.914. The Morgan fingerprint density at radius 3 is 2.49 bits per heavy atom. The van der Waals surface area contributed by atoms with Gasteiger partial charge < -0.3 is 0 Å². The Labute approximate surface area is 341 Å². The molecule has 5 fully saturated rings. The van der Waals surface area contributed by atoms with Gasteiger partial charge in [0.05, 0.1) is 0 Å². The SMILES string of the molecule is CC[C@@]1([I-]O)c2c(cnn2C2CN(Cc3cccc(C(=O)N4C[C@@H]5CC[C@H]4C5)n3)C2)-c2cccc(Nc3cc(NC(=O)C4CC4)nnc3C(=O)NC3CC3)c2N1C. The molecule has 3 amide bonds. The average molecular weight is 885 g/mol. The molecule has 3 aliphatic heterocycles. The minimum absolute atomic E-state index is 0.0153. The number of nitrogens with one attached hydrogen (secondary N) is 3. The molecule has 4 aromatic rings. The maximum atomic E-state index is 13.4. The van der Waals surface area contributed by atoms with Gasteiger partial charge in [-0.3, -0.25) is 0 Å². The molecule has 1 aromatic carbocycles. The van der Waals surface area contributed by atoms with Crippen LogP contribution in [-0.4, -0.2) is 94.7 Å². The van der Waals surface area contributed by atoms with Gasteiger partial charge in [-0.05, 0) is 25.2 Å². The van der Waals surface area contributed by atoms with E-state index < -0.39 is 25.2 Å². The number of pyridine rings is 1. The predicted octanol–water partition coefficient (Wildman–Crippen LogP) is 1.41. The first-order valence-electron chi connectivity index (χ1n) is 20.2. The van der Waals surface area contributed by atoms with Gasteiger partial charge in [0.25, 0.3) is 0 Å². The fourth-order valence-corrected chi connectivity index (χ4v) is 11.0. The van der Waals surface area contributed by atoms with Gasteiger partial charge in [-0.1, -0.05) is 0 Å². The molecule has 6 aliphatic rings. The summed E-state index contributed by atoms with van der Waals surface area (Å²) in [5, 5.41) is 22.9. The molecule has 2 saturated heterocycles. The second-order valence-electron chi connectivity index (χ2n) is 16.6. The van der Waals surface area contributed by atoms with Crippen LogP contribution in [0.2, 0.25) is 0 Å². The van der Waals surface area contributed by atoms with Crippen molar-refractivity contribution in [1.82, 2.24) is 40.1 Å². The van der Waals surface area contributed by atoms with E-state index in [-0.39, 0.29) is 47.2 Å². The summed E-state index contributed by atoms with van der Waals surface area (Å²) in [5.74, 6) is 0.548. The summed E-state index contributed by atoms with van der Waals surface area (Å²) in [5.41, 5.74) is 6.57. The van der Waals surface area contributed by atoms with E-state index in [1.807, 2.05) is 48.5 Å². The summed E-state index contributed by atoms with van der Waals surface area (Å²) in [7, 11) is 2.02. The first-order valence-corrected chi connectivity index (χ1v) is 22.3. The maximum absolute atomic E-state index is 13.4. The molecule has 16 heteroatoms. The predicted molar refractivity (Wildman–Crippen MR) is 208 cm³/mol. The second kappa shape index (κ2) is 14.3. The number of alkyl halides is 1. The summed E-state index contributed by atoms with van der Waals surface area (Å²) in [6.45, 7) is 5.15. The Morgan fingerprint density at radius 1 is 0.947 bits per heavy atom. The molecular formula is C41H47IN11O4-. The van der Waals surface area contributed by atoms with Crippen molar-refractivity contribution in [2.75, 3.05) is 42.2 Å². The van der Waals surface area contributed by atoms with Crippen LogP contribution in [0.5, 0.6) is 0 Å². The van der Waals surface area contributed by atoms with Crippen LogP contribution < -0.4 is 42.5 Å². The van der Waals surface area contributed by atoms with E-state index in [1.54, 1.807) is 6.07 Å². The third-order valence-electron chi connectivity index (χ3n) is 12.7. The van der Waals surface area contributed by atoms with Gasteiger partial charge in [0.2, 0.25) is 0 Å². The van der Waals surface area contributed by atoms with E-state index in [0.29, 0.717) is 36.3 Å². The Hall–Kier alpha value is -4.68. The summed E-state index contributed by atoms with van der Waals surface area (Å²) in [6, 6.07) is 14.1. The number of hydrogen-bond donors (Lipinski definition) is 4.